The summed E-state index contributed by atoms with van der Waals surface area (Å²) in [4.78, 5) is 3.00. The summed E-state index contributed by atoms with van der Waals surface area (Å²) in [6, 6.07) is 3.65. The van der Waals surface area contributed by atoms with Crippen LogP contribution in [0.3, 0.4) is 0 Å². The molecule has 0 aliphatic heterocycles. The Hall–Kier alpha value is -1.16. The summed E-state index contributed by atoms with van der Waals surface area (Å²) in [6.07, 6.45) is 1.77. The van der Waals surface area contributed by atoms with Crippen LogP contribution in [0.25, 0.3) is 10.9 Å². The molecule has 0 fully saturated rings. The molecule has 2 rings (SSSR count). The van der Waals surface area contributed by atoms with Gasteiger partial charge in [-0.05, 0) is 22.0 Å². The molecule has 0 spiro atoms. The molecule has 0 unspecified atom stereocenters. The van der Waals surface area contributed by atoms with E-state index in [-0.39, 0.29) is 5.75 Å². The molecule has 4 heteroatoms. The number of aromatic hydroxyl groups is 1. The fourth-order valence-corrected chi connectivity index (χ4v) is 1.78. The smallest absolute Gasteiger partial charge is 0.142 e. The van der Waals surface area contributed by atoms with E-state index < -0.39 is 0 Å². The number of hydrogen-bond acceptors (Lipinski definition) is 2. The van der Waals surface area contributed by atoms with Crippen LogP contribution in [0.1, 0.15) is 0 Å². The zero-order valence-corrected chi connectivity index (χ0v) is 8.55. The molecule has 1 aromatic carbocycles. The van der Waals surface area contributed by atoms with Gasteiger partial charge in [-0.1, -0.05) is 0 Å². The van der Waals surface area contributed by atoms with Crippen molar-refractivity contribution in [3.8, 4) is 11.5 Å². The van der Waals surface area contributed by atoms with Gasteiger partial charge in [-0.2, -0.15) is 0 Å². The lowest BCUT2D eigenvalue weighted by Crippen LogP contribution is -1.84. The Labute approximate surface area is 83.5 Å². The van der Waals surface area contributed by atoms with Gasteiger partial charge in [0.2, 0.25) is 0 Å². The van der Waals surface area contributed by atoms with Gasteiger partial charge in [-0.25, -0.2) is 0 Å². The second-order valence-electron chi connectivity index (χ2n) is 2.68. The number of benzene rings is 1. The number of methoxy groups -OCH3 is 1. The quantitative estimate of drug-likeness (QED) is 0.807. The first kappa shape index (κ1) is 8.44. The maximum Gasteiger partial charge on any atom is 0.142 e. The molecule has 13 heavy (non-hydrogen) atoms. The monoisotopic (exact) mass is 241 g/mol. The number of aromatic amines is 1. The van der Waals surface area contributed by atoms with E-state index in [9.17, 15) is 5.11 Å². The number of nitrogens with one attached hydrogen (secondary N) is 1. The van der Waals surface area contributed by atoms with Crippen molar-refractivity contribution >= 4 is 26.8 Å². The minimum Gasteiger partial charge on any atom is -0.506 e. The first-order valence-corrected chi connectivity index (χ1v) is 4.56. The molecular formula is C9H8BrNO2. The molecule has 3 nitrogen and oxygen atoms in total. The maximum absolute atomic E-state index is 9.71. The topological polar surface area (TPSA) is 45.2 Å². The van der Waals surface area contributed by atoms with Crippen LogP contribution < -0.4 is 4.74 Å². The van der Waals surface area contributed by atoms with Crippen LogP contribution in [0.4, 0.5) is 0 Å². The van der Waals surface area contributed by atoms with Crippen LogP contribution in [0.5, 0.6) is 11.5 Å². The number of H-pyrrole nitrogens is 1. The third-order valence-corrected chi connectivity index (χ3v) is 2.72. The van der Waals surface area contributed by atoms with Crippen molar-refractivity contribution in [2.45, 2.75) is 0 Å². The number of fused-ring (bicyclic) bond motifs is 1. The molecule has 2 N–H and O–H groups in total. The molecule has 1 aromatic heterocycles. The van der Waals surface area contributed by atoms with Crippen molar-refractivity contribution in [3.05, 3.63) is 22.8 Å². The third kappa shape index (κ3) is 1.18. The Morgan fingerprint density at radius 2 is 2.31 bits per heavy atom. The molecule has 0 amide bonds. The van der Waals surface area contributed by atoms with Crippen molar-refractivity contribution in [2.24, 2.45) is 0 Å². The van der Waals surface area contributed by atoms with Gasteiger partial charge in [0.15, 0.2) is 0 Å². The lowest BCUT2D eigenvalue weighted by atomic mass is 10.2. The van der Waals surface area contributed by atoms with Crippen LogP contribution in [0.15, 0.2) is 22.8 Å². The first-order chi connectivity index (χ1) is 6.24. The molecule has 0 saturated heterocycles. The molecule has 0 bridgehead atoms. The maximum atomic E-state index is 9.71. The normalized spacial score (nSPS) is 10.6. The Morgan fingerprint density at radius 1 is 1.54 bits per heavy atom. The number of ether oxygens (including phenoxy) is 1. The molecule has 1 heterocycles. The van der Waals surface area contributed by atoms with Crippen molar-refractivity contribution in [3.63, 3.8) is 0 Å². The number of rotatable bonds is 1. The largest absolute Gasteiger partial charge is 0.506 e. The highest BCUT2D eigenvalue weighted by atomic mass is 79.9. The summed E-state index contributed by atoms with van der Waals surface area (Å²) in [5, 5.41) is 10.5. The standard InChI is InChI=1S/C9H8BrNO2/c1-13-7-4-6-5(2-3-11-6)9(12)8(7)10/h2-4,11-12H,1H3. The molecular weight excluding hydrogens is 234 g/mol. The second-order valence-corrected chi connectivity index (χ2v) is 3.47. The highest BCUT2D eigenvalue weighted by Gasteiger charge is 2.10. The Morgan fingerprint density at radius 3 is 3.00 bits per heavy atom. The molecule has 2 aromatic rings. The highest BCUT2D eigenvalue weighted by molar-refractivity contribution is 9.10. The van der Waals surface area contributed by atoms with Crippen molar-refractivity contribution in [2.75, 3.05) is 7.11 Å². The van der Waals surface area contributed by atoms with Crippen molar-refractivity contribution < 1.29 is 9.84 Å². The number of halogens is 1. The fourth-order valence-electron chi connectivity index (χ4n) is 1.29. The van der Waals surface area contributed by atoms with Crippen LogP contribution in [-0.2, 0) is 0 Å². The summed E-state index contributed by atoms with van der Waals surface area (Å²) in [5.41, 5.74) is 0.859. The predicted molar refractivity (Wildman–Crippen MR) is 54.2 cm³/mol. The summed E-state index contributed by atoms with van der Waals surface area (Å²) >= 11 is 3.26. The van der Waals surface area contributed by atoms with E-state index in [4.69, 9.17) is 4.74 Å². The number of phenolic OH excluding ortho intramolecular Hbond substituents is 1. The van der Waals surface area contributed by atoms with Gasteiger partial charge in [0.1, 0.15) is 16.0 Å². The van der Waals surface area contributed by atoms with E-state index in [1.54, 1.807) is 13.3 Å². The zero-order valence-electron chi connectivity index (χ0n) is 6.97. The average Bonchev–Trinajstić information content (AvgIpc) is 2.59. The number of aromatic nitrogens is 1. The molecule has 0 saturated carbocycles. The van der Waals surface area contributed by atoms with Crippen LogP contribution >= 0.6 is 15.9 Å². The third-order valence-electron chi connectivity index (χ3n) is 1.95. The van der Waals surface area contributed by atoms with E-state index in [2.05, 4.69) is 20.9 Å². The lowest BCUT2D eigenvalue weighted by molar-refractivity contribution is 0.405. The summed E-state index contributed by atoms with van der Waals surface area (Å²) in [5.74, 6) is 0.822. The van der Waals surface area contributed by atoms with Crippen molar-refractivity contribution in [1.29, 1.82) is 0 Å². The minimum absolute atomic E-state index is 0.204. The van der Waals surface area contributed by atoms with Crippen LogP contribution in [-0.4, -0.2) is 17.2 Å². The zero-order chi connectivity index (χ0) is 9.42. The molecule has 0 aliphatic rings. The Kier molecular flexibility index (Phi) is 1.92. The Balaban J connectivity index is 2.83. The van der Waals surface area contributed by atoms with E-state index in [1.165, 1.54) is 0 Å². The van der Waals surface area contributed by atoms with E-state index in [1.807, 2.05) is 12.1 Å². The van der Waals surface area contributed by atoms with Gasteiger partial charge in [0.25, 0.3) is 0 Å². The van der Waals surface area contributed by atoms with Gasteiger partial charge < -0.3 is 14.8 Å². The molecule has 0 aliphatic carbocycles. The summed E-state index contributed by atoms with van der Waals surface area (Å²) in [7, 11) is 1.56. The molecule has 0 atom stereocenters. The van der Waals surface area contributed by atoms with Gasteiger partial charge in [-0.3, -0.25) is 0 Å². The fraction of sp³-hybridized carbons (Fsp3) is 0.111. The van der Waals surface area contributed by atoms with Gasteiger partial charge in [0.05, 0.1) is 12.6 Å². The second kappa shape index (κ2) is 2.96. The first-order valence-electron chi connectivity index (χ1n) is 3.76. The summed E-state index contributed by atoms with van der Waals surface area (Å²) in [6.45, 7) is 0. The van der Waals surface area contributed by atoms with Crippen molar-refractivity contribution in [1.82, 2.24) is 4.98 Å². The highest BCUT2D eigenvalue weighted by Crippen LogP contribution is 2.39. The minimum atomic E-state index is 0.204. The summed E-state index contributed by atoms with van der Waals surface area (Å²) < 4.78 is 5.66. The van der Waals surface area contributed by atoms with Crippen LogP contribution in [0, 0.1) is 0 Å². The number of phenols is 1. The number of hydrogen-bond donors (Lipinski definition) is 2. The van der Waals surface area contributed by atoms with Gasteiger partial charge in [-0.15, -0.1) is 0 Å². The van der Waals surface area contributed by atoms with Gasteiger partial charge >= 0.3 is 0 Å². The average molecular weight is 242 g/mol. The SMILES string of the molecule is COc1cc2[nH]ccc2c(O)c1Br. The predicted octanol–water partition coefficient (Wildman–Crippen LogP) is 2.64. The van der Waals surface area contributed by atoms with E-state index in [0.717, 1.165) is 10.9 Å². The van der Waals surface area contributed by atoms with E-state index in [0.29, 0.717) is 10.2 Å². The Bertz CT molecular complexity index is 450. The lowest BCUT2D eigenvalue weighted by Gasteiger charge is -2.05. The molecule has 0 radical (unpaired) electrons. The molecule has 68 valence electrons. The van der Waals surface area contributed by atoms with Gasteiger partial charge in [0, 0.05) is 17.6 Å². The van der Waals surface area contributed by atoms with Crippen LogP contribution in [0.2, 0.25) is 0 Å². The van der Waals surface area contributed by atoms with E-state index >= 15 is 0 Å².